The zero-order valence-corrected chi connectivity index (χ0v) is 12.6. The number of hydrogen-bond acceptors (Lipinski definition) is 4. The van der Waals surface area contributed by atoms with Gasteiger partial charge in [0, 0.05) is 19.3 Å². The number of carbonyl (C=O) groups excluding carboxylic acids is 1. The summed E-state index contributed by atoms with van der Waals surface area (Å²) in [5, 5.41) is 11.4. The molecule has 2 N–H and O–H groups in total. The smallest absolute Gasteiger partial charge is 0.326 e. The van der Waals surface area contributed by atoms with Gasteiger partial charge in [-0.3, -0.25) is 0 Å². The van der Waals surface area contributed by atoms with E-state index >= 15 is 0 Å². The summed E-state index contributed by atoms with van der Waals surface area (Å²) in [6.07, 6.45) is 2.72. The zero-order valence-electron chi connectivity index (χ0n) is 11.8. The van der Waals surface area contributed by atoms with E-state index in [0.717, 1.165) is 19.1 Å². The van der Waals surface area contributed by atoms with Gasteiger partial charge in [-0.2, -0.15) is 0 Å². The van der Waals surface area contributed by atoms with E-state index in [1.165, 1.54) is 0 Å². The van der Waals surface area contributed by atoms with Crippen molar-refractivity contribution in [2.24, 2.45) is 5.92 Å². The van der Waals surface area contributed by atoms with Gasteiger partial charge in [-0.25, -0.2) is 18.0 Å². The van der Waals surface area contributed by atoms with Crippen LogP contribution >= 0.6 is 0 Å². The Balaban J connectivity index is 2.52. The van der Waals surface area contributed by atoms with E-state index in [2.05, 4.69) is 12.2 Å². The standard InChI is InChI=1S/C12H22N2O5S/c1-9-3-6-14(7-4-9)12(17)13-10(11(15)16)5-8-20(2,18)19/h9-10H,3-8H2,1-2H3,(H,13,17)(H,15,16). The van der Waals surface area contributed by atoms with Gasteiger partial charge in [-0.05, 0) is 25.2 Å². The maximum atomic E-state index is 11.9. The number of carboxylic acids is 1. The molecule has 1 saturated heterocycles. The van der Waals surface area contributed by atoms with Gasteiger partial charge >= 0.3 is 12.0 Å². The van der Waals surface area contributed by atoms with Crippen LogP contribution in [0.2, 0.25) is 0 Å². The molecular weight excluding hydrogens is 284 g/mol. The number of nitrogens with one attached hydrogen (secondary N) is 1. The fraction of sp³-hybridized carbons (Fsp3) is 0.833. The van der Waals surface area contributed by atoms with Gasteiger partial charge in [0.25, 0.3) is 0 Å². The van der Waals surface area contributed by atoms with Crippen LogP contribution in [0, 0.1) is 5.92 Å². The molecule has 1 unspecified atom stereocenters. The van der Waals surface area contributed by atoms with Crippen molar-refractivity contribution in [3.8, 4) is 0 Å². The molecule has 0 saturated carbocycles. The molecule has 1 rings (SSSR count). The first-order valence-corrected chi connectivity index (χ1v) is 8.71. The Morgan fingerprint density at radius 1 is 1.35 bits per heavy atom. The molecule has 1 aliphatic heterocycles. The van der Waals surface area contributed by atoms with Gasteiger partial charge < -0.3 is 15.3 Å². The number of aliphatic carboxylic acids is 1. The summed E-state index contributed by atoms with van der Waals surface area (Å²) >= 11 is 0. The fourth-order valence-electron chi connectivity index (χ4n) is 2.04. The van der Waals surface area contributed by atoms with Crippen LogP contribution in [-0.4, -0.2) is 61.6 Å². The summed E-state index contributed by atoms with van der Waals surface area (Å²) < 4.78 is 22.1. The Bertz CT molecular complexity index is 454. The van der Waals surface area contributed by atoms with E-state index in [9.17, 15) is 18.0 Å². The summed E-state index contributed by atoms with van der Waals surface area (Å²) in [6, 6.07) is -1.60. The largest absolute Gasteiger partial charge is 0.480 e. The normalized spacial score (nSPS) is 18.6. The van der Waals surface area contributed by atoms with Gasteiger partial charge in [-0.15, -0.1) is 0 Å². The lowest BCUT2D eigenvalue weighted by molar-refractivity contribution is -0.139. The van der Waals surface area contributed by atoms with E-state index < -0.39 is 27.9 Å². The van der Waals surface area contributed by atoms with Crippen molar-refractivity contribution < 1.29 is 23.1 Å². The zero-order chi connectivity index (χ0) is 15.3. The first-order chi connectivity index (χ1) is 9.19. The molecule has 0 aromatic rings. The Morgan fingerprint density at radius 2 is 1.90 bits per heavy atom. The van der Waals surface area contributed by atoms with Crippen LogP contribution in [0.1, 0.15) is 26.2 Å². The van der Waals surface area contributed by atoms with Crippen molar-refractivity contribution in [2.45, 2.75) is 32.2 Å². The fourth-order valence-corrected chi connectivity index (χ4v) is 2.71. The number of piperidine rings is 1. The first-order valence-electron chi connectivity index (χ1n) is 6.65. The molecule has 0 spiro atoms. The molecule has 7 nitrogen and oxygen atoms in total. The number of sulfone groups is 1. The molecular formula is C12H22N2O5S. The molecule has 2 amide bonds. The third kappa shape index (κ3) is 5.77. The summed E-state index contributed by atoms with van der Waals surface area (Å²) in [6.45, 7) is 3.32. The van der Waals surface area contributed by atoms with E-state index in [1.54, 1.807) is 4.90 Å². The van der Waals surface area contributed by atoms with Crippen molar-refractivity contribution in [2.75, 3.05) is 25.1 Å². The number of urea groups is 1. The lowest BCUT2D eigenvalue weighted by Gasteiger charge is -2.31. The third-order valence-corrected chi connectivity index (χ3v) is 4.42. The molecule has 0 aromatic carbocycles. The second-order valence-electron chi connectivity index (χ2n) is 5.43. The minimum absolute atomic E-state index is 0.121. The Hall–Kier alpha value is -1.31. The molecule has 1 heterocycles. The summed E-state index contributed by atoms with van der Waals surface area (Å²) in [5.74, 6) is -0.909. The van der Waals surface area contributed by atoms with Gasteiger partial charge in [0.2, 0.25) is 0 Å². The minimum Gasteiger partial charge on any atom is -0.480 e. The number of rotatable bonds is 5. The average Bonchev–Trinajstić information content (AvgIpc) is 2.33. The third-order valence-electron chi connectivity index (χ3n) is 3.44. The molecule has 0 aliphatic carbocycles. The molecule has 1 fully saturated rings. The van der Waals surface area contributed by atoms with Crippen LogP contribution in [0.15, 0.2) is 0 Å². The molecule has 116 valence electrons. The molecule has 8 heteroatoms. The number of hydrogen-bond donors (Lipinski definition) is 2. The van der Waals surface area contributed by atoms with Gasteiger partial charge in [0.15, 0.2) is 0 Å². The van der Waals surface area contributed by atoms with Crippen molar-refractivity contribution in [3.63, 3.8) is 0 Å². The predicted molar refractivity (Wildman–Crippen MR) is 74.3 cm³/mol. The molecule has 0 aromatic heterocycles. The highest BCUT2D eigenvalue weighted by atomic mass is 32.2. The van der Waals surface area contributed by atoms with Crippen molar-refractivity contribution >= 4 is 21.8 Å². The summed E-state index contributed by atoms with van der Waals surface area (Å²) in [7, 11) is -3.25. The van der Waals surface area contributed by atoms with Crippen LogP contribution in [-0.2, 0) is 14.6 Å². The van der Waals surface area contributed by atoms with Crippen LogP contribution in [0.25, 0.3) is 0 Å². The molecule has 0 bridgehead atoms. The molecule has 1 aliphatic rings. The number of carbonyl (C=O) groups is 2. The second-order valence-corrected chi connectivity index (χ2v) is 7.69. The van der Waals surface area contributed by atoms with Gasteiger partial charge in [-0.1, -0.05) is 6.92 Å². The second kappa shape index (κ2) is 6.92. The van der Waals surface area contributed by atoms with Gasteiger partial charge in [0.1, 0.15) is 15.9 Å². The summed E-state index contributed by atoms with van der Waals surface area (Å²) in [4.78, 5) is 24.6. The van der Waals surface area contributed by atoms with Crippen LogP contribution in [0.3, 0.4) is 0 Å². The van der Waals surface area contributed by atoms with Crippen LogP contribution in [0.4, 0.5) is 4.79 Å². The van der Waals surface area contributed by atoms with Crippen LogP contribution in [0.5, 0.6) is 0 Å². The Morgan fingerprint density at radius 3 is 2.35 bits per heavy atom. The van der Waals surface area contributed by atoms with Crippen LogP contribution < -0.4 is 5.32 Å². The average molecular weight is 306 g/mol. The van der Waals surface area contributed by atoms with E-state index in [0.29, 0.717) is 19.0 Å². The van der Waals surface area contributed by atoms with Gasteiger partial charge in [0.05, 0.1) is 5.75 Å². The quantitative estimate of drug-likeness (QED) is 0.761. The van der Waals surface area contributed by atoms with Crippen molar-refractivity contribution in [1.29, 1.82) is 0 Å². The first kappa shape index (κ1) is 16.7. The molecule has 0 radical (unpaired) electrons. The SMILES string of the molecule is CC1CCN(C(=O)NC(CCS(C)(=O)=O)C(=O)O)CC1. The highest BCUT2D eigenvalue weighted by Crippen LogP contribution is 2.16. The van der Waals surface area contributed by atoms with E-state index in [4.69, 9.17) is 5.11 Å². The Labute approximate surface area is 119 Å². The predicted octanol–water partition coefficient (Wildman–Crippen LogP) is 0.316. The number of likely N-dealkylation sites (tertiary alicyclic amines) is 1. The lowest BCUT2D eigenvalue weighted by atomic mass is 10.00. The molecule has 20 heavy (non-hydrogen) atoms. The van der Waals surface area contributed by atoms with Crippen molar-refractivity contribution in [1.82, 2.24) is 10.2 Å². The van der Waals surface area contributed by atoms with E-state index in [1.807, 2.05) is 0 Å². The number of carboxylic acid groups (broad SMARTS) is 1. The minimum atomic E-state index is -3.25. The maximum absolute atomic E-state index is 11.9. The number of nitrogens with zero attached hydrogens (tertiary/aromatic N) is 1. The Kier molecular flexibility index (Phi) is 5.79. The van der Waals surface area contributed by atoms with E-state index in [-0.39, 0.29) is 12.2 Å². The highest BCUT2D eigenvalue weighted by molar-refractivity contribution is 7.90. The molecule has 1 atom stereocenters. The van der Waals surface area contributed by atoms with Crippen molar-refractivity contribution in [3.05, 3.63) is 0 Å². The highest BCUT2D eigenvalue weighted by Gasteiger charge is 2.26. The summed E-state index contributed by atoms with van der Waals surface area (Å²) in [5.41, 5.74) is 0. The number of amides is 2. The maximum Gasteiger partial charge on any atom is 0.326 e. The topological polar surface area (TPSA) is 104 Å². The monoisotopic (exact) mass is 306 g/mol. The lowest BCUT2D eigenvalue weighted by Crippen LogP contribution is -2.50.